The third-order valence-corrected chi connectivity index (χ3v) is 1.84. The van der Waals surface area contributed by atoms with E-state index in [1.807, 2.05) is 24.3 Å². The largest absolute Gasteiger partial charge is 0.326 e. The Kier molecular flexibility index (Phi) is 2.74. The molecule has 0 aliphatic heterocycles. The standard InChI is InChI=1S/C7H10N2S/c8-5-6-1-3-7(10-9)4-2-6/h1-4H,5,8-9H2. The second-order valence-electron chi connectivity index (χ2n) is 1.97. The first-order valence-corrected chi connectivity index (χ1v) is 3.90. The number of hydrogen-bond donors (Lipinski definition) is 2. The summed E-state index contributed by atoms with van der Waals surface area (Å²) in [5, 5.41) is 5.33. The summed E-state index contributed by atoms with van der Waals surface area (Å²) < 4.78 is 0. The number of nitrogens with two attached hydrogens (primary N) is 2. The topological polar surface area (TPSA) is 52.0 Å². The fourth-order valence-electron chi connectivity index (χ4n) is 0.704. The molecule has 1 aromatic rings. The summed E-state index contributed by atoms with van der Waals surface area (Å²) in [7, 11) is 0. The first-order valence-electron chi connectivity index (χ1n) is 3.02. The van der Waals surface area contributed by atoms with Gasteiger partial charge in [-0.3, -0.25) is 5.14 Å². The van der Waals surface area contributed by atoms with Crippen LogP contribution in [0.25, 0.3) is 0 Å². The van der Waals surface area contributed by atoms with Gasteiger partial charge in [-0.25, -0.2) is 0 Å². The maximum absolute atomic E-state index is 5.40. The summed E-state index contributed by atoms with van der Waals surface area (Å²) in [4.78, 5) is 1.07. The molecule has 0 aliphatic carbocycles. The quantitative estimate of drug-likeness (QED) is 0.627. The first kappa shape index (κ1) is 7.60. The van der Waals surface area contributed by atoms with Gasteiger partial charge in [-0.05, 0) is 29.6 Å². The molecule has 10 heavy (non-hydrogen) atoms. The van der Waals surface area contributed by atoms with Crippen LogP contribution in [0.4, 0.5) is 0 Å². The molecule has 0 amide bonds. The zero-order chi connectivity index (χ0) is 7.40. The van der Waals surface area contributed by atoms with Crippen LogP contribution in [0.15, 0.2) is 29.2 Å². The average Bonchev–Trinajstić information content (AvgIpc) is 2.05. The molecule has 1 aromatic carbocycles. The van der Waals surface area contributed by atoms with E-state index >= 15 is 0 Å². The molecule has 0 radical (unpaired) electrons. The highest BCUT2D eigenvalue weighted by Gasteiger charge is 1.89. The van der Waals surface area contributed by atoms with Crippen LogP contribution in [0, 0.1) is 0 Å². The lowest BCUT2D eigenvalue weighted by molar-refractivity contribution is 1.07. The molecule has 0 aromatic heterocycles. The minimum absolute atomic E-state index is 0.593. The number of hydrogen-bond acceptors (Lipinski definition) is 3. The molecule has 0 spiro atoms. The zero-order valence-electron chi connectivity index (χ0n) is 5.58. The Labute approximate surface area is 64.7 Å². The molecule has 0 saturated carbocycles. The molecule has 0 saturated heterocycles. The van der Waals surface area contributed by atoms with E-state index in [2.05, 4.69) is 0 Å². The van der Waals surface area contributed by atoms with Gasteiger partial charge in [-0.2, -0.15) is 0 Å². The number of rotatable bonds is 2. The lowest BCUT2D eigenvalue weighted by Gasteiger charge is -1.96. The minimum atomic E-state index is 0.593. The number of benzene rings is 1. The van der Waals surface area contributed by atoms with E-state index in [9.17, 15) is 0 Å². The van der Waals surface area contributed by atoms with Crippen molar-refractivity contribution < 1.29 is 0 Å². The molecule has 1 rings (SSSR count). The molecule has 3 heteroatoms. The van der Waals surface area contributed by atoms with Crippen LogP contribution in [0.3, 0.4) is 0 Å². The van der Waals surface area contributed by atoms with Crippen LogP contribution in [-0.4, -0.2) is 0 Å². The predicted molar refractivity (Wildman–Crippen MR) is 44.4 cm³/mol. The van der Waals surface area contributed by atoms with Gasteiger partial charge in [0.1, 0.15) is 0 Å². The van der Waals surface area contributed by atoms with E-state index in [0.29, 0.717) is 6.54 Å². The monoisotopic (exact) mass is 154 g/mol. The third-order valence-electron chi connectivity index (χ3n) is 1.30. The van der Waals surface area contributed by atoms with Gasteiger partial charge in [0.25, 0.3) is 0 Å². The van der Waals surface area contributed by atoms with Crippen molar-refractivity contribution in [1.29, 1.82) is 0 Å². The molecule has 0 atom stereocenters. The van der Waals surface area contributed by atoms with Crippen LogP contribution in [0.5, 0.6) is 0 Å². The van der Waals surface area contributed by atoms with Gasteiger partial charge >= 0.3 is 0 Å². The van der Waals surface area contributed by atoms with E-state index in [1.165, 1.54) is 11.9 Å². The van der Waals surface area contributed by atoms with Crippen LogP contribution < -0.4 is 10.9 Å². The Balaban J connectivity index is 2.80. The average molecular weight is 154 g/mol. The van der Waals surface area contributed by atoms with Gasteiger partial charge in [-0.1, -0.05) is 12.1 Å². The molecular formula is C7H10N2S. The van der Waals surface area contributed by atoms with Gasteiger partial charge in [0, 0.05) is 11.4 Å². The Hall–Kier alpha value is -0.510. The van der Waals surface area contributed by atoms with Gasteiger partial charge in [0.2, 0.25) is 0 Å². The fraction of sp³-hybridized carbons (Fsp3) is 0.143. The highest BCUT2D eigenvalue weighted by Crippen LogP contribution is 2.11. The normalized spacial score (nSPS) is 9.80. The van der Waals surface area contributed by atoms with E-state index in [1.54, 1.807) is 0 Å². The van der Waals surface area contributed by atoms with Crippen molar-refractivity contribution >= 4 is 11.9 Å². The minimum Gasteiger partial charge on any atom is -0.326 e. The van der Waals surface area contributed by atoms with Gasteiger partial charge in [0.05, 0.1) is 0 Å². The predicted octanol–water partition coefficient (Wildman–Crippen LogP) is 1.11. The fourth-order valence-corrected chi connectivity index (χ4v) is 0.997. The molecule has 2 nitrogen and oxygen atoms in total. The van der Waals surface area contributed by atoms with Crippen molar-refractivity contribution in [2.75, 3.05) is 0 Å². The second-order valence-corrected chi connectivity index (χ2v) is 2.67. The second kappa shape index (κ2) is 3.61. The van der Waals surface area contributed by atoms with Crippen LogP contribution in [0.1, 0.15) is 5.56 Å². The van der Waals surface area contributed by atoms with Crippen LogP contribution >= 0.6 is 11.9 Å². The Morgan fingerprint density at radius 1 is 1.20 bits per heavy atom. The molecule has 4 N–H and O–H groups in total. The zero-order valence-corrected chi connectivity index (χ0v) is 6.40. The molecular weight excluding hydrogens is 144 g/mol. The molecule has 0 aliphatic rings. The lowest BCUT2D eigenvalue weighted by atomic mass is 10.2. The van der Waals surface area contributed by atoms with E-state index < -0.39 is 0 Å². The molecule has 0 heterocycles. The SMILES string of the molecule is NCc1ccc(SN)cc1. The molecule has 54 valence electrons. The summed E-state index contributed by atoms with van der Waals surface area (Å²) in [6.07, 6.45) is 0. The van der Waals surface area contributed by atoms with Gasteiger partial charge in [-0.15, -0.1) is 0 Å². The Morgan fingerprint density at radius 2 is 1.80 bits per heavy atom. The van der Waals surface area contributed by atoms with E-state index in [4.69, 9.17) is 10.9 Å². The van der Waals surface area contributed by atoms with Crippen molar-refractivity contribution in [3.8, 4) is 0 Å². The highest BCUT2D eigenvalue weighted by atomic mass is 32.2. The summed E-state index contributed by atoms with van der Waals surface area (Å²) in [5.41, 5.74) is 6.54. The summed E-state index contributed by atoms with van der Waals surface area (Å²) in [5.74, 6) is 0. The summed E-state index contributed by atoms with van der Waals surface area (Å²) >= 11 is 1.25. The smallest absolute Gasteiger partial charge is 0.0226 e. The maximum Gasteiger partial charge on any atom is 0.0226 e. The van der Waals surface area contributed by atoms with Crippen molar-refractivity contribution in [3.63, 3.8) is 0 Å². The van der Waals surface area contributed by atoms with Crippen molar-refractivity contribution in [2.24, 2.45) is 10.9 Å². The van der Waals surface area contributed by atoms with Gasteiger partial charge in [0.15, 0.2) is 0 Å². The first-order chi connectivity index (χ1) is 4.86. The van der Waals surface area contributed by atoms with Crippen molar-refractivity contribution in [3.05, 3.63) is 29.8 Å². The van der Waals surface area contributed by atoms with Crippen molar-refractivity contribution in [2.45, 2.75) is 11.4 Å². The summed E-state index contributed by atoms with van der Waals surface area (Å²) in [6.45, 7) is 0.593. The molecule has 0 fully saturated rings. The van der Waals surface area contributed by atoms with E-state index in [0.717, 1.165) is 10.5 Å². The van der Waals surface area contributed by atoms with Crippen LogP contribution in [-0.2, 0) is 6.54 Å². The van der Waals surface area contributed by atoms with Crippen LogP contribution in [0.2, 0.25) is 0 Å². The van der Waals surface area contributed by atoms with Gasteiger partial charge < -0.3 is 5.73 Å². The molecule has 0 bridgehead atoms. The van der Waals surface area contributed by atoms with Crippen molar-refractivity contribution in [1.82, 2.24) is 0 Å². The Bertz CT molecular complexity index is 172. The lowest BCUT2D eigenvalue weighted by Crippen LogP contribution is -1.95. The van der Waals surface area contributed by atoms with E-state index in [-0.39, 0.29) is 0 Å². The summed E-state index contributed by atoms with van der Waals surface area (Å²) in [6, 6.07) is 7.89. The maximum atomic E-state index is 5.40. The molecule has 0 unspecified atom stereocenters. The third kappa shape index (κ3) is 1.73. The highest BCUT2D eigenvalue weighted by molar-refractivity contribution is 7.97. The Morgan fingerprint density at radius 3 is 2.20 bits per heavy atom.